The molecule has 2 aliphatic heterocycles. The molecule has 1 fully saturated rings. The van der Waals surface area contributed by atoms with Gasteiger partial charge >= 0.3 is 0 Å². The SMILES string of the molecule is CC(=O)N1CCN(C(=O)C2CC(=O)Nc3ccccc32)CC1. The second-order valence-electron chi connectivity index (χ2n) is 5.72. The van der Waals surface area contributed by atoms with Gasteiger partial charge in [0.2, 0.25) is 17.7 Å². The number of rotatable bonds is 1. The number of para-hydroxylation sites is 1. The number of hydrogen-bond donors (Lipinski definition) is 1. The molecule has 6 heteroatoms. The van der Waals surface area contributed by atoms with Gasteiger partial charge in [-0.2, -0.15) is 0 Å². The Hall–Kier alpha value is -2.37. The van der Waals surface area contributed by atoms with Crippen LogP contribution in [0.5, 0.6) is 0 Å². The van der Waals surface area contributed by atoms with E-state index in [1.165, 1.54) is 0 Å². The van der Waals surface area contributed by atoms with E-state index in [1.807, 2.05) is 24.3 Å². The van der Waals surface area contributed by atoms with Crippen molar-refractivity contribution in [3.8, 4) is 0 Å². The van der Waals surface area contributed by atoms with Crippen LogP contribution in [0.3, 0.4) is 0 Å². The van der Waals surface area contributed by atoms with Crippen LogP contribution in [0.4, 0.5) is 5.69 Å². The minimum absolute atomic E-state index is 0.0227. The summed E-state index contributed by atoms with van der Waals surface area (Å²) in [6.45, 7) is 3.71. The van der Waals surface area contributed by atoms with Gasteiger partial charge in [-0.05, 0) is 11.6 Å². The molecule has 116 valence electrons. The van der Waals surface area contributed by atoms with Crippen LogP contribution < -0.4 is 5.32 Å². The van der Waals surface area contributed by atoms with Crippen LogP contribution in [0, 0.1) is 0 Å². The molecule has 0 radical (unpaired) electrons. The van der Waals surface area contributed by atoms with E-state index in [2.05, 4.69) is 5.32 Å². The number of carbonyl (C=O) groups is 3. The highest BCUT2D eigenvalue weighted by molar-refractivity contribution is 6.01. The highest BCUT2D eigenvalue weighted by Crippen LogP contribution is 2.33. The first kappa shape index (κ1) is 14.6. The number of carbonyl (C=O) groups excluding carboxylic acids is 3. The van der Waals surface area contributed by atoms with Crippen molar-refractivity contribution >= 4 is 23.4 Å². The van der Waals surface area contributed by atoms with Crippen molar-refractivity contribution in [3.63, 3.8) is 0 Å². The molecule has 3 amide bonds. The number of benzene rings is 1. The summed E-state index contributed by atoms with van der Waals surface area (Å²) in [5.74, 6) is -0.534. The molecule has 2 aliphatic rings. The fourth-order valence-electron chi connectivity index (χ4n) is 3.09. The van der Waals surface area contributed by atoms with Gasteiger partial charge in [-0.3, -0.25) is 14.4 Å². The average Bonchev–Trinajstić information content (AvgIpc) is 2.53. The first-order chi connectivity index (χ1) is 10.6. The Bertz CT molecular complexity index is 621. The molecular weight excluding hydrogens is 282 g/mol. The average molecular weight is 301 g/mol. The summed E-state index contributed by atoms with van der Waals surface area (Å²) in [6.07, 6.45) is 0.183. The van der Waals surface area contributed by atoms with Crippen molar-refractivity contribution in [1.82, 2.24) is 9.80 Å². The van der Waals surface area contributed by atoms with E-state index in [-0.39, 0.29) is 24.1 Å². The lowest BCUT2D eigenvalue weighted by Gasteiger charge is -2.37. The Morgan fingerprint density at radius 3 is 2.41 bits per heavy atom. The maximum absolute atomic E-state index is 12.8. The molecule has 1 aromatic rings. The quantitative estimate of drug-likeness (QED) is 0.834. The highest BCUT2D eigenvalue weighted by atomic mass is 16.2. The summed E-state index contributed by atoms with van der Waals surface area (Å²) in [5.41, 5.74) is 1.60. The molecule has 1 atom stereocenters. The van der Waals surface area contributed by atoms with Gasteiger partial charge in [0.15, 0.2) is 0 Å². The third-order valence-corrected chi connectivity index (χ3v) is 4.33. The summed E-state index contributed by atoms with van der Waals surface area (Å²) in [7, 11) is 0. The van der Waals surface area contributed by atoms with Gasteiger partial charge in [0.25, 0.3) is 0 Å². The molecule has 0 spiro atoms. The number of hydrogen-bond acceptors (Lipinski definition) is 3. The predicted molar refractivity (Wildman–Crippen MR) is 81.3 cm³/mol. The summed E-state index contributed by atoms with van der Waals surface area (Å²) < 4.78 is 0. The fraction of sp³-hybridized carbons (Fsp3) is 0.438. The smallest absolute Gasteiger partial charge is 0.230 e. The van der Waals surface area contributed by atoms with Gasteiger partial charge < -0.3 is 15.1 Å². The van der Waals surface area contributed by atoms with E-state index in [0.29, 0.717) is 26.2 Å². The Morgan fingerprint density at radius 1 is 1.09 bits per heavy atom. The van der Waals surface area contributed by atoms with Crippen molar-refractivity contribution in [2.24, 2.45) is 0 Å². The molecule has 1 saturated heterocycles. The van der Waals surface area contributed by atoms with E-state index in [1.54, 1.807) is 16.7 Å². The molecule has 0 aliphatic carbocycles. The summed E-state index contributed by atoms with van der Waals surface area (Å²) in [4.78, 5) is 39.5. The Kier molecular flexibility index (Phi) is 3.83. The number of anilines is 1. The van der Waals surface area contributed by atoms with Crippen LogP contribution in [-0.4, -0.2) is 53.7 Å². The zero-order chi connectivity index (χ0) is 15.7. The number of amides is 3. The summed E-state index contributed by atoms with van der Waals surface area (Å²) in [5, 5.41) is 2.81. The fourth-order valence-corrected chi connectivity index (χ4v) is 3.09. The van der Waals surface area contributed by atoms with E-state index in [0.717, 1.165) is 11.3 Å². The van der Waals surface area contributed by atoms with E-state index in [4.69, 9.17) is 0 Å². The van der Waals surface area contributed by atoms with Crippen molar-refractivity contribution in [2.75, 3.05) is 31.5 Å². The molecule has 1 N–H and O–H groups in total. The normalized spacial score (nSPS) is 21.1. The summed E-state index contributed by atoms with van der Waals surface area (Å²) >= 11 is 0. The largest absolute Gasteiger partial charge is 0.339 e. The van der Waals surface area contributed by atoms with E-state index < -0.39 is 5.92 Å². The number of nitrogens with zero attached hydrogens (tertiary/aromatic N) is 2. The van der Waals surface area contributed by atoms with Gasteiger partial charge in [-0.25, -0.2) is 0 Å². The molecule has 0 saturated carbocycles. The standard InChI is InChI=1S/C16H19N3O3/c1-11(20)18-6-8-19(9-7-18)16(22)13-10-15(21)17-14-5-3-2-4-12(13)14/h2-5,13H,6-10H2,1H3,(H,17,21). The number of fused-ring (bicyclic) bond motifs is 1. The van der Waals surface area contributed by atoms with Crippen LogP contribution in [-0.2, 0) is 14.4 Å². The van der Waals surface area contributed by atoms with Crippen molar-refractivity contribution < 1.29 is 14.4 Å². The third-order valence-electron chi connectivity index (χ3n) is 4.33. The van der Waals surface area contributed by atoms with Gasteiger partial charge in [-0.1, -0.05) is 18.2 Å². The zero-order valence-corrected chi connectivity index (χ0v) is 12.5. The predicted octanol–water partition coefficient (Wildman–Crippen LogP) is 0.803. The van der Waals surface area contributed by atoms with Crippen LogP contribution in [0.15, 0.2) is 24.3 Å². The van der Waals surface area contributed by atoms with E-state index in [9.17, 15) is 14.4 Å². The lowest BCUT2D eigenvalue weighted by Crippen LogP contribution is -2.51. The van der Waals surface area contributed by atoms with Crippen LogP contribution in [0.1, 0.15) is 24.8 Å². The lowest BCUT2D eigenvalue weighted by atomic mass is 9.89. The van der Waals surface area contributed by atoms with Crippen molar-refractivity contribution in [1.29, 1.82) is 0 Å². The first-order valence-corrected chi connectivity index (χ1v) is 7.49. The molecule has 1 aromatic carbocycles. The third kappa shape index (κ3) is 2.68. The lowest BCUT2D eigenvalue weighted by molar-refractivity contribution is -0.140. The summed E-state index contributed by atoms with van der Waals surface area (Å²) in [6, 6.07) is 7.44. The molecule has 1 unspecified atom stereocenters. The molecule has 3 rings (SSSR count). The van der Waals surface area contributed by atoms with Gasteiger partial charge in [-0.15, -0.1) is 0 Å². The van der Waals surface area contributed by atoms with Crippen molar-refractivity contribution in [3.05, 3.63) is 29.8 Å². The highest BCUT2D eigenvalue weighted by Gasteiger charge is 2.34. The van der Waals surface area contributed by atoms with Crippen LogP contribution in [0.25, 0.3) is 0 Å². The first-order valence-electron chi connectivity index (χ1n) is 7.49. The number of nitrogens with one attached hydrogen (secondary N) is 1. The van der Waals surface area contributed by atoms with Gasteiger partial charge in [0, 0.05) is 45.2 Å². The van der Waals surface area contributed by atoms with Gasteiger partial charge in [0.1, 0.15) is 0 Å². The van der Waals surface area contributed by atoms with Crippen molar-refractivity contribution in [2.45, 2.75) is 19.3 Å². The maximum Gasteiger partial charge on any atom is 0.230 e. The second kappa shape index (κ2) is 5.79. The van der Waals surface area contributed by atoms with Gasteiger partial charge in [0.05, 0.1) is 5.92 Å². The Labute approximate surface area is 129 Å². The minimum atomic E-state index is -0.422. The second-order valence-corrected chi connectivity index (χ2v) is 5.72. The minimum Gasteiger partial charge on any atom is -0.339 e. The molecule has 6 nitrogen and oxygen atoms in total. The monoisotopic (exact) mass is 301 g/mol. The Morgan fingerprint density at radius 2 is 1.73 bits per heavy atom. The van der Waals surface area contributed by atoms with Crippen LogP contribution in [0.2, 0.25) is 0 Å². The Balaban J connectivity index is 1.76. The number of piperazine rings is 1. The van der Waals surface area contributed by atoms with Crippen LogP contribution >= 0.6 is 0 Å². The molecule has 0 bridgehead atoms. The van der Waals surface area contributed by atoms with E-state index >= 15 is 0 Å². The zero-order valence-electron chi connectivity index (χ0n) is 12.5. The molecule has 2 heterocycles. The molecule has 22 heavy (non-hydrogen) atoms. The topological polar surface area (TPSA) is 69.7 Å². The molecule has 0 aromatic heterocycles. The maximum atomic E-state index is 12.8. The molecular formula is C16H19N3O3.